The quantitative estimate of drug-likeness (QED) is 0.878. The molecule has 0 bridgehead atoms. The van der Waals surface area contributed by atoms with Gasteiger partial charge in [0.1, 0.15) is 6.10 Å². The molecule has 0 unspecified atom stereocenters. The zero-order valence-electron chi connectivity index (χ0n) is 13.0. The molecule has 126 valence electrons. The Labute approximate surface area is 144 Å². The third-order valence-corrected chi connectivity index (χ3v) is 4.14. The highest BCUT2D eigenvalue weighted by molar-refractivity contribution is 6.31. The van der Waals surface area contributed by atoms with Crippen molar-refractivity contribution in [2.24, 2.45) is 0 Å². The second-order valence-electron chi connectivity index (χ2n) is 5.53. The minimum atomic E-state index is -0.525. The van der Waals surface area contributed by atoms with E-state index >= 15 is 0 Å². The zero-order valence-corrected chi connectivity index (χ0v) is 13.8. The topological polar surface area (TPSA) is 72.4 Å². The molecule has 0 saturated carbocycles. The number of ether oxygens (including phenoxy) is 1. The van der Waals surface area contributed by atoms with Crippen LogP contribution in [-0.2, 0) is 16.1 Å². The summed E-state index contributed by atoms with van der Waals surface area (Å²) in [6.45, 7) is 2.06. The van der Waals surface area contributed by atoms with Gasteiger partial charge in [-0.2, -0.15) is 0 Å². The molecule has 2 heterocycles. The van der Waals surface area contributed by atoms with Gasteiger partial charge in [0, 0.05) is 30.4 Å². The molecular formula is C17H18ClN3O3. The van der Waals surface area contributed by atoms with Crippen molar-refractivity contribution in [3.8, 4) is 0 Å². The first-order valence-corrected chi connectivity index (χ1v) is 8.08. The van der Waals surface area contributed by atoms with Crippen molar-refractivity contribution in [2.45, 2.75) is 12.6 Å². The second-order valence-corrected chi connectivity index (χ2v) is 5.94. The van der Waals surface area contributed by atoms with Gasteiger partial charge in [0.05, 0.1) is 18.8 Å². The number of amides is 1. The predicted molar refractivity (Wildman–Crippen MR) is 92.5 cm³/mol. The lowest BCUT2D eigenvalue weighted by Gasteiger charge is -2.22. The molecule has 1 aliphatic heterocycles. The lowest BCUT2D eigenvalue weighted by Crippen LogP contribution is -2.45. The van der Waals surface area contributed by atoms with Crippen molar-refractivity contribution in [1.29, 1.82) is 0 Å². The Kier molecular flexibility index (Phi) is 5.30. The molecule has 7 heteroatoms. The summed E-state index contributed by atoms with van der Waals surface area (Å²) in [5, 5.41) is 6.49. The van der Waals surface area contributed by atoms with E-state index in [4.69, 9.17) is 16.3 Å². The van der Waals surface area contributed by atoms with Crippen LogP contribution in [0.15, 0.2) is 47.4 Å². The molecule has 1 aromatic heterocycles. The van der Waals surface area contributed by atoms with Crippen LogP contribution >= 0.6 is 11.6 Å². The summed E-state index contributed by atoms with van der Waals surface area (Å²) in [5.74, 6) is -0.231. The van der Waals surface area contributed by atoms with E-state index in [9.17, 15) is 9.59 Å². The Morgan fingerprint density at radius 3 is 2.92 bits per heavy atom. The number of carbonyl (C=O) groups excluding carboxylic acids is 1. The molecule has 1 atom stereocenters. The maximum Gasteiger partial charge on any atom is 0.254 e. The third-order valence-electron chi connectivity index (χ3n) is 3.77. The fraction of sp³-hybridized carbons (Fsp3) is 0.294. The number of rotatable bonds is 4. The first kappa shape index (κ1) is 16.7. The summed E-state index contributed by atoms with van der Waals surface area (Å²) in [7, 11) is 0. The average molecular weight is 348 g/mol. The molecule has 24 heavy (non-hydrogen) atoms. The second kappa shape index (κ2) is 7.61. The van der Waals surface area contributed by atoms with Gasteiger partial charge in [-0.1, -0.05) is 29.8 Å². The fourth-order valence-corrected chi connectivity index (χ4v) is 2.69. The van der Waals surface area contributed by atoms with Crippen molar-refractivity contribution in [3.63, 3.8) is 0 Å². The monoisotopic (exact) mass is 347 g/mol. The standard InChI is InChI=1S/C17H18ClN3O3/c18-14-4-2-1-3-12(14)10-21-11-13(5-6-16(21)22)20-17(23)15-9-19-7-8-24-15/h1-6,11,15,19H,7-10H2,(H,20,23)/t15-/m1/s1. The van der Waals surface area contributed by atoms with Crippen molar-refractivity contribution in [2.75, 3.05) is 25.0 Å². The van der Waals surface area contributed by atoms with Gasteiger partial charge >= 0.3 is 0 Å². The van der Waals surface area contributed by atoms with Crippen molar-refractivity contribution in [1.82, 2.24) is 9.88 Å². The Morgan fingerprint density at radius 2 is 2.17 bits per heavy atom. The summed E-state index contributed by atoms with van der Waals surface area (Å²) >= 11 is 6.14. The van der Waals surface area contributed by atoms with Gasteiger partial charge in [-0.3, -0.25) is 9.59 Å². The van der Waals surface area contributed by atoms with Gasteiger partial charge < -0.3 is 19.9 Å². The molecule has 0 spiro atoms. The van der Waals surface area contributed by atoms with Crippen LogP contribution < -0.4 is 16.2 Å². The summed E-state index contributed by atoms with van der Waals surface area (Å²) in [6.07, 6.45) is 1.09. The molecule has 2 aromatic rings. The molecule has 6 nitrogen and oxygen atoms in total. The molecular weight excluding hydrogens is 330 g/mol. The Balaban J connectivity index is 1.75. The Bertz CT molecular complexity index is 785. The molecule has 1 amide bonds. The number of hydrogen-bond acceptors (Lipinski definition) is 4. The van der Waals surface area contributed by atoms with Crippen LogP contribution in [-0.4, -0.2) is 36.3 Å². The van der Waals surface area contributed by atoms with E-state index in [1.54, 1.807) is 18.3 Å². The van der Waals surface area contributed by atoms with Gasteiger partial charge in [-0.05, 0) is 17.7 Å². The van der Waals surface area contributed by atoms with Gasteiger partial charge in [-0.15, -0.1) is 0 Å². The number of hydrogen-bond donors (Lipinski definition) is 2. The van der Waals surface area contributed by atoms with Crippen LogP contribution in [0.5, 0.6) is 0 Å². The van der Waals surface area contributed by atoms with Crippen LogP contribution in [0.1, 0.15) is 5.56 Å². The number of morpholine rings is 1. The minimum absolute atomic E-state index is 0.163. The van der Waals surface area contributed by atoms with Crippen LogP contribution in [0.2, 0.25) is 5.02 Å². The lowest BCUT2D eigenvalue weighted by molar-refractivity contribution is -0.128. The summed E-state index contributed by atoms with van der Waals surface area (Å²) in [4.78, 5) is 24.2. The van der Waals surface area contributed by atoms with Gasteiger partial charge in [0.25, 0.3) is 11.5 Å². The van der Waals surface area contributed by atoms with Crippen molar-refractivity contribution >= 4 is 23.2 Å². The predicted octanol–water partition coefficient (Wildman–Crippen LogP) is 1.48. The molecule has 3 rings (SSSR count). The summed E-state index contributed by atoms with van der Waals surface area (Å²) < 4.78 is 6.93. The van der Waals surface area contributed by atoms with Gasteiger partial charge in [0.2, 0.25) is 0 Å². The molecule has 1 aliphatic rings. The number of benzene rings is 1. The fourth-order valence-electron chi connectivity index (χ4n) is 2.50. The smallest absolute Gasteiger partial charge is 0.254 e. The number of nitrogens with zero attached hydrogens (tertiary/aromatic N) is 1. The van der Waals surface area contributed by atoms with E-state index in [0.717, 1.165) is 12.1 Å². The van der Waals surface area contributed by atoms with E-state index < -0.39 is 6.10 Å². The number of pyridine rings is 1. The largest absolute Gasteiger partial charge is 0.366 e. The molecule has 0 aliphatic carbocycles. The van der Waals surface area contributed by atoms with Crippen LogP contribution in [0.3, 0.4) is 0 Å². The average Bonchev–Trinajstić information content (AvgIpc) is 2.60. The molecule has 0 radical (unpaired) electrons. The highest BCUT2D eigenvalue weighted by atomic mass is 35.5. The van der Waals surface area contributed by atoms with Crippen molar-refractivity contribution < 1.29 is 9.53 Å². The normalized spacial score (nSPS) is 17.5. The van der Waals surface area contributed by atoms with Gasteiger partial charge in [-0.25, -0.2) is 0 Å². The van der Waals surface area contributed by atoms with E-state index in [1.807, 2.05) is 18.2 Å². The van der Waals surface area contributed by atoms with Crippen molar-refractivity contribution in [3.05, 3.63) is 63.5 Å². The van der Waals surface area contributed by atoms with Crippen LogP contribution in [0, 0.1) is 0 Å². The van der Waals surface area contributed by atoms with E-state index in [1.165, 1.54) is 10.6 Å². The Morgan fingerprint density at radius 1 is 1.33 bits per heavy atom. The maximum absolute atomic E-state index is 12.2. The molecule has 1 fully saturated rings. The highest BCUT2D eigenvalue weighted by Crippen LogP contribution is 2.16. The number of anilines is 1. The summed E-state index contributed by atoms with van der Waals surface area (Å²) in [5.41, 5.74) is 1.22. The van der Waals surface area contributed by atoms with Crippen LogP contribution in [0.4, 0.5) is 5.69 Å². The number of aromatic nitrogens is 1. The molecule has 1 aromatic carbocycles. The lowest BCUT2D eigenvalue weighted by atomic mass is 10.2. The number of nitrogens with one attached hydrogen (secondary N) is 2. The first-order chi connectivity index (χ1) is 11.6. The SMILES string of the molecule is O=C(Nc1ccc(=O)n(Cc2ccccc2Cl)c1)[C@H]1CNCCO1. The van der Waals surface area contributed by atoms with E-state index in [-0.39, 0.29) is 11.5 Å². The van der Waals surface area contributed by atoms with Crippen LogP contribution in [0.25, 0.3) is 0 Å². The number of carbonyl (C=O) groups is 1. The minimum Gasteiger partial charge on any atom is -0.366 e. The zero-order chi connectivity index (χ0) is 16.9. The Hall–Kier alpha value is -2.15. The maximum atomic E-state index is 12.2. The van der Waals surface area contributed by atoms with E-state index in [0.29, 0.717) is 30.4 Å². The molecule has 2 N–H and O–H groups in total. The van der Waals surface area contributed by atoms with E-state index in [2.05, 4.69) is 10.6 Å². The van der Waals surface area contributed by atoms with Gasteiger partial charge in [0.15, 0.2) is 0 Å². The number of halogens is 1. The third kappa shape index (κ3) is 4.03. The highest BCUT2D eigenvalue weighted by Gasteiger charge is 2.21. The molecule has 1 saturated heterocycles. The summed E-state index contributed by atoms with van der Waals surface area (Å²) in [6, 6.07) is 10.4. The first-order valence-electron chi connectivity index (χ1n) is 7.70.